The lowest BCUT2D eigenvalue weighted by Crippen LogP contribution is -2.61. The third-order valence-corrected chi connectivity index (χ3v) is 11.5. The second kappa shape index (κ2) is 17.6. The van der Waals surface area contributed by atoms with Crippen molar-refractivity contribution in [3.63, 3.8) is 0 Å². The quantitative estimate of drug-likeness (QED) is 0.159. The van der Waals surface area contributed by atoms with Gasteiger partial charge in [0.2, 0.25) is 41.4 Å². The molecule has 2 bridgehead atoms. The van der Waals surface area contributed by atoms with E-state index in [2.05, 4.69) is 36.9 Å². The van der Waals surface area contributed by atoms with Crippen LogP contribution in [0.15, 0.2) is 29.3 Å². The SMILES string of the molecule is CCC[C@](C)(O)C[C@@H]1NC(=O)[C@H]2Cc3c([nH]c4ccccc34)SC[C@@H](NC(=O)[C@H]([C@H](C)O)NC(=O)[C@H](C)NC1=O)C(=O)N1C[C@H](O)C[C@H]1C(=O)N[C@@H](C)C(=O)N2. The van der Waals surface area contributed by atoms with Crippen LogP contribution in [0.2, 0.25) is 0 Å². The van der Waals surface area contributed by atoms with E-state index in [0.717, 1.165) is 16.7 Å². The van der Waals surface area contributed by atoms with Crippen molar-refractivity contribution in [1.29, 1.82) is 0 Å². The number of rotatable bonds is 5. The molecule has 19 heteroatoms. The first-order valence-corrected chi connectivity index (χ1v) is 19.8. The number of benzene rings is 1. The van der Waals surface area contributed by atoms with Gasteiger partial charge in [0.05, 0.1) is 22.8 Å². The van der Waals surface area contributed by atoms with Gasteiger partial charge in [-0.05, 0) is 45.7 Å². The van der Waals surface area contributed by atoms with E-state index in [1.165, 1.54) is 27.7 Å². The van der Waals surface area contributed by atoms with Crippen molar-refractivity contribution in [2.24, 2.45) is 0 Å². The van der Waals surface area contributed by atoms with Crippen LogP contribution in [0.4, 0.5) is 0 Å². The normalized spacial score (nSPS) is 30.4. The number of para-hydroxylation sites is 1. The molecule has 0 unspecified atom stereocenters. The highest BCUT2D eigenvalue weighted by Gasteiger charge is 2.44. The largest absolute Gasteiger partial charge is 0.391 e. The molecule has 7 amide bonds. The minimum atomic E-state index is -1.61. The summed E-state index contributed by atoms with van der Waals surface area (Å²) in [6.45, 7) is 7.08. The summed E-state index contributed by atoms with van der Waals surface area (Å²) < 4.78 is 0. The van der Waals surface area contributed by atoms with Gasteiger partial charge in [0.1, 0.15) is 42.3 Å². The molecule has 2 aromatic rings. The summed E-state index contributed by atoms with van der Waals surface area (Å²) in [6, 6.07) is -2.36. The van der Waals surface area contributed by atoms with E-state index >= 15 is 0 Å². The standard InChI is InChI=1S/C37H52N8O10S/c1-6-11-37(5,55)14-25-32(51)38-18(3)30(49)44-28(19(4)46)34(53)42-26-16-56-35-22(21-9-7-8-10-23(21)43-35)13-24(31(50)41-25)40-29(48)17(2)39-33(52)27-12-20(47)15-45(27)36(26)54/h7-10,17-20,24-28,43,46-47,55H,6,11-16H2,1-5H3,(H,38,51)(H,39,52)(H,40,48)(H,41,50)(H,42,53)(H,44,49)/t17-,18-,19-,20+,24+,25-,26+,27-,28-,37-/m0/s1. The molecule has 56 heavy (non-hydrogen) atoms. The molecule has 0 aliphatic carbocycles. The average Bonchev–Trinajstić information content (AvgIpc) is 3.69. The molecule has 306 valence electrons. The number of fused-ring (bicyclic) bond motifs is 5. The fourth-order valence-corrected chi connectivity index (χ4v) is 8.43. The minimum absolute atomic E-state index is 0.140. The number of carbonyl (C=O) groups excluding carboxylic acids is 7. The van der Waals surface area contributed by atoms with Gasteiger partial charge in [0, 0.05) is 42.5 Å². The number of aromatic nitrogens is 1. The van der Waals surface area contributed by atoms with E-state index in [0.29, 0.717) is 27.9 Å². The Morgan fingerprint density at radius 1 is 0.857 bits per heavy atom. The molecule has 5 rings (SSSR count). The van der Waals surface area contributed by atoms with Crippen molar-refractivity contribution in [2.75, 3.05) is 12.3 Å². The van der Waals surface area contributed by atoms with Crippen LogP contribution in [0.3, 0.4) is 0 Å². The molecule has 0 radical (unpaired) electrons. The van der Waals surface area contributed by atoms with Gasteiger partial charge in [0.15, 0.2) is 0 Å². The van der Waals surface area contributed by atoms with Gasteiger partial charge in [-0.25, -0.2) is 0 Å². The molecule has 0 saturated carbocycles. The molecule has 1 saturated heterocycles. The summed E-state index contributed by atoms with van der Waals surface area (Å²) >= 11 is 1.11. The van der Waals surface area contributed by atoms with E-state index in [9.17, 15) is 48.9 Å². The number of hydrogen-bond acceptors (Lipinski definition) is 11. The molecule has 4 heterocycles. The smallest absolute Gasteiger partial charge is 0.246 e. The van der Waals surface area contributed by atoms with Crippen LogP contribution in [-0.4, -0.2) is 139 Å². The van der Waals surface area contributed by atoms with Crippen molar-refractivity contribution in [3.05, 3.63) is 29.8 Å². The van der Waals surface area contributed by atoms with Crippen molar-refractivity contribution >= 4 is 64.0 Å². The van der Waals surface area contributed by atoms with Gasteiger partial charge in [-0.2, -0.15) is 0 Å². The minimum Gasteiger partial charge on any atom is -0.391 e. The van der Waals surface area contributed by atoms with Crippen molar-refractivity contribution in [2.45, 2.75) is 132 Å². The van der Waals surface area contributed by atoms with Crippen LogP contribution in [0.5, 0.6) is 0 Å². The van der Waals surface area contributed by atoms with Gasteiger partial charge >= 0.3 is 0 Å². The van der Waals surface area contributed by atoms with Crippen LogP contribution < -0.4 is 31.9 Å². The Kier molecular flexibility index (Phi) is 13.3. The maximum absolute atomic E-state index is 14.4. The van der Waals surface area contributed by atoms with E-state index in [4.69, 9.17) is 0 Å². The number of H-pyrrole nitrogens is 1. The molecule has 0 spiro atoms. The molecular formula is C37H52N8O10S. The monoisotopic (exact) mass is 800 g/mol. The van der Waals surface area contributed by atoms with Crippen molar-refractivity contribution in [3.8, 4) is 0 Å². The number of nitrogens with one attached hydrogen (secondary N) is 7. The second-order valence-corrected chi connectivity index (χ2v) is 16.2. The lowest BCUT2D eigenvalue weighted by Gasteiger charge is -2.31. The van der Waals surface area contributed by atoms with Gasteiger partial charge < -0.3 is 57.1 Å². The van der Waals surface area contributed by atoms with Crippen LogP contribution in [0.1, 0.15) is 65.9 Å². The topological polar surface area (TPSA) is 271 Å². The summed E-state index contributed by atoms with van der Waals surface area (Å²) in [7, 11) is 0. The number of thioether (sulfide) groups is 1. The molecule has 1 aromatic carbocycles. The summed E-state index contributed by atoms with van der Waals surface area (Å²) in [5.41, 5.74) is -0.216. The molecule has 1 fully saturated rings. The Morgan fingerprint density at radius 2 is 1.50 bits per heavy atom. The lowest BCUT2D eigenvalue weighted by molar-refractivity contribution is -0.142. The van der Waals surface area contributed by atoms with Crippen molar-refractivity contribution in [1.82, 2.24) is 41.8 Å². The Balaban J connectivity index is 1.68. The Hall–Kier alpha value is -4.72. The van der Waals surface area contributed by atoms with Crippen LogP contribution >= 0.6 is 11.8 Å². The average molecular weight is 801 g/mol. The zero-order chi connectivity index (χ0) is 41.1. The highest BCUT2D eigenvalue weighted by atomic mass is 32.2. The predicted molar refractivity (Wildman–Crippen MR) is 204 cm³/mol. The third kappa shape index (κ3) is 9.80. The molecule has 18 nitrogen and oxygen atoms in total. The number of nitrogens with zero attached hydrogens (tertiary/aromatic N) is 1. The second-order valence-electron chi connectivity index (χ2n) is 15.2. The molecular weight excluding hydrogens is 749 g/mol. The summed E-state index contributed by atoms with van der Waals surface area (Å²) in [5, 5.41) is 49.3. The first-order chi connectivity index (χ1) is 26.4. The van der Waals surface area contributed by atoms with E-state index < -0.39 is 101 Å². The zero-order valence-electron chi connectivity index (χ0n) is 32.0. The third-order valence-electron chi connectivity index (χ3n) is 10.3. The molecule has 3 aliphatic rings. The van der Waals surface area contributed by atoms with Gasteiger partial charge in [-0.15, -0.1) is 11.8 Å². The fourth-order valence-electron chi connectivity index (χ4n) is 7.32. The number of aliphatic hydroxyl groups excluding tert-OH is 2. The first kappa shape index (κ1) is 42.4. The predicted octanol–water partition coefficient (Wildman–Crippen LogP) is -1.94. The number of amides is 7. The van der Waals surface area contributed by atoms with Crippen LogP contribution in [0.25, 0.3) is 10.9 Å². The Labute approximate surface area is 328 Å². The summed E-state index contributed by atoms with van der Waals surface area (Å²) in [4.78, 5) is 102. The van der Waals surface area contributed by atoms with Crippen LogP contribution in [0, 0.1) is 0 Å². The number of carbonyl (C=O) groups is 7. The molecule has 10 N–H and O–H groups in total. The highest BCUT2D eigenvalue weighted by molar-refractivity contribution is 7.99. The van der Waals surface area contributed by atoms with Crippen molar-refractivity contribution < 1.29 is 48.9 Å². The molecule has 10 atom stereocenters. The Bertz CT molecular complexity index is 1850. The highest BCUT2D eigenvalue weighted by Crippen LogP contribution is 2.32. The maximum Gasteiger partial charge on any atom is 0.246 e. The number of aromatic amines is 1. The summed E-state index contributed by atoms with van der Waals surface area (Å²) in [6.07, 6.45) is -2.35. The molecule has 3 aliphatic heterocycles. The van der Waals surface area contributed by atoms with Crippen LogP contribution in [-0.2, 0) is 40.0 Å². The van der Waals surface area contributed by atoms with Gasteiger partial charge in [-0.3, -0.25) is 33.6 Å². The zero-order valence-corrected chi connectivity index (χ0v) is 32.8. The van der Waals surface area contributed by atoms with Gasteiger partial charge in [0.25, 0.3) is 0 Å². The van der Waals surface area contributed by atoms with E-state index in [1.807, 2.05) is 6.92 Å². The summed E-state index contributed by atoms with van der Waals surface area (Å²) in [5.74, 6) is -5.86. The van der Waals surface area contributed by atoms with E-state index in [-0.39, 0.29) is 38.0 Å². The maximum atomic E-state index is 14.4. The Morgan fingerprint density at radius 3 is 2.18 bits per heavy atom. The van der Waals surface area contributed by atoms with E-state index in [1.54, 1.807) is 24.3 Å². The first-order valence-electron chi connectivity index (χ1n) is 18.8. The van der Waals surface area contributed by atoms with Gasteiger partial charge in [-0.1, -0.05) is 31.5 Å². The fraction of sp³-hybridized carbons (Fsp3) is 0.595. The lowest BCUT2D eigenvalue weighted by atomic mass is 9.91. The number of aliphatic hydroxyl groups is 3. The molecule has 1 aromatic heterocycles. The number of hydrogen-bond donors (Lipinski definition) is 10.